The number of hydrogen-bond acceptors (Lipinski definition) is 4. The maximum Gasteiger partial charge on any atom is 0.321 e. The smallest absolute Gasteiger partial charge is 0.321 e. The third-order valence-corrected chi connectivity index (χ3v) is 7.00. The first-order valence-electron chi connectivity index (χ1n) is 10.4. The predicted molar refractivity (Wildman–Crippen MR) is 130 cm³/mol. The van der Waals surface area contributed by atoms with Crippen molar-refractivity contribution in [1.82, 2.24) is 4.90 Å². The second-order valence-corrected chi connectivity index (χ2v) is 9.20. The summed E-state index contributed by atoms with van der Waals surface area (Å²) in [6.45, 7) is 2.75. The van der Waals surface area contributed by atoms with Crippen LogP contribution in [0.1, 0.15) is 30.9 Å². The standard InChI is InChI=1S/C23H24BrClN4O3/c1-13-22(31)28(2)18-8-7-17(27-23(32)29-11-9-14(30)10-12-29)20(24)19(18)21(26-13)15-5-3-4-6-16(15)25/h3-8,13-14,30H,9-12H2,1-2H3,(H,27,32)/t13-/m0/s1. The summed E-state index contributed by atoms with van der Waals surface area (Å²) in [5.74, 6) is -0.135. The number of carbonyl (C=O) groups is 2. The van der Waals surface area contributed by atoms with Crippen LogP contribution in [-0.4, -0.2) is 59.9 Å². The van der Waals surface area contributed by atoms with Crippen LogP contribution >= 0.6 is 27.5 Å². The molecule has 1 fully saturated rings. The van der Waals surface area contributed by atoms with Crippen LogP contribution in [0.5, 0.6) is 0 Å². The molecule has 0 radical (unpaired) electrons. The van der Waals surface area contributed by atoms with E-state index in [1.165, 1.54) is 0 Å². The number of aliphatic hydroxyl groups excluding tert-OH is 1. The Labute approximate surface area is 200 Å². The average molecular weight is 520 g/mol. The number of urea groups is 1. The molecule has 9 heteroatoms. The van der Waals surface area contributed by atoms with Crippen molar-refractivity contribution in [2.75, 3.05) is 30.4 Å². The van der Waals surface area contributed by atoms with Crippen molar-refractivity contribution in [2.45, 2.75) is 31.9 Å². The second kappa shape index (κ2) is 9.21. The molecule has 168 valence electrons. The first-order chi connectivity index (χ1) is 15.3. The first-order valence-corrected chi connectivity index (χ1v) is 11.6. The molecule has 0 aromatic heterocycles. The molecule has 2 heterocycles. The van der Waals surface area contributed by atoms with Gasteiger partial charge in [-0.2, -0.15) is 0 Å². The molecule has 7 nitrogen and oxygen atoms in total. The first kappa shape index (κ1) is 22.8. The largest absolute Gasteiger partial charge is 0.393 e. The summed E-state index contributed by atoms with van der Waals surface area (Å²) in [6.07, 6.45) is 0.766. The van der Waals surface area contributed by atoms with Gasteiger partial charge in [-0.25, -0.2) is 4.79 Å². The quantitative estimate of drug-likeness (QED) is 0.621. The summed E-state index contributed by atoms with van der Waals surface area (Å²) in [7, 11) is 1.71. The van der Waals surface area contributed by atoms with Gasteiger partial charge >= 0.3 is 6.03 Å². The van der Waals surface area contributed by atoms with E-state index in [1.807, 2.05) is 18.2 Å². The Morgan fingerprint density at radius 3 is 2.59 bits per heavy atom. The molecular weight excluding hydrogens is 496 g/mol. The lowest BCUT2D eigenvalue weighted by atomic mass is 9.99. The molecule has 1 saturated heterocycles. The van der Waals surface area contributed by atoms with E-state index in [4.69, 9.17) is 16.6 Å². The van der Waals surface area contributed by atoms with Gasteiger partial charge in [-0.15, -0.1) is 0 Å². The number of rotatable bonds is 2. The number of halogens is 2. The molecule has 0 unspecified atom stereocenters. The summed E-state index contributed by atoms with van der Waals surface area (Å²) in [5, 5.41) is 13.2. The third-order valence-electron chi connectivity index (χ3n) is 5.85. The van der Waals surface area contributed by atoms with Crippen molar-refractivity contribution < 1.29 is 14.7 Å². The van der Waals surface area contributed by atoms with Crippen LogP contribution in [0.15, 0.2) is 45.9 Å². The highest BCUT2D eigenvalue weighted by atomic mass is 79.9. The molecule has 32 heavy (non-hydrogen) atoms. The van der Waals surface area contributed by atoms with Gasteiger partial charge in [-0.1, -0.05) is 29.8 Å². The van der Waals surface area contributed by atoms with Gasteiger partial charge in [-0.3, -0.25) is 9.79 Å². The molecule has 4 rings (SSSR count). The molecule has 2 N–H and O–H groups in total. The van der Waals surface area contributed by atoms with E-state index in [9.17, 15) is 14.7 Å². The number of benzodiazepines with no additional fused rings is 1. The number of anilines is 2. The number of likely N-dealkylation sites (tertiary alicyclic amines) is 1. The Balaban J connectivity index is 1.78. The molecule has 1 atom stereocenters. The summed E-state index contributed by atoms with van der Waals surface area (Å²) >= 11 is 10.2. The number of aliphatic imine (C=N–C) groups is 1. The summed E-state index contributed by atoms with van der Waals surface area (Å²) in [5.41, 5.74) is 3.21. The van der Waals surface area contributed by atoms with E-state index < -0.39 is 6.04 Å². The topological polar surface area (TPSA) is 85.2 Å². The van der Waals surface area contributed by atoms with Crippen molar-refractivity contribution in [3.8, 4) is 0 Å². The number of aliphatic hydroxyl groups is 1. The molecule has 2 aliphatic rings. The number of nitrogens with zero attached hydrogens (tertiary/aromatic N) is 3. The highest BCUT2D eigenvalue weighted by molar-refractivity contribution is 9.10. The molecule has 0 aliphatic carbocycles. The maximum absolute atomic E-state index is 12.9. The van der Waals surface area contributed by atoms with Gasteiger partial charge in [0.25, 0.3) is 5.91 Å². The van der Waals surface area contributed by atoms with Gasteiger partial charge in [-0.05, 0) is 53.9 Å². The van der Waals surface area contributed by atoms with Crippen molar-refractivity contribution in [1.29, 1.82) is 0 Å². The van der Waals surface area contributed by atoms with Crippen LogP contribution in [0.2, 0.25) is 5.02 Å². The van der Waals surface area contributed by atoms with Gasteiger partial charge in [0.1, 0.15) is 6.04 Å². The Morgan fingerprint density at radius 2 is 1.91 bits per heavy atom. The number of hydrogen-bond donors (Lipinski definition) is 2. The number of piperidine rings is 1. The summed E-state index contributed by atoms with van der Waals surface area (Å²) < 4.78 is 0.618. The van der Waals surface area contributed by atoms with Crippen LogP contribution in [-0.2, 0) is 4.79 Å². The van der Waals surface area contributed by atoms with Gasteiger partial charge in [0, 0.05) is 36.3 Å². The van der Waals surface area contributed by atoms with Crippen LogP contribution in [0.4, 0.5) is 16.2 Å². The van der Waals surface area contributed by atoms with E-state index in [2.05, 4.69) is 21.2 Å². The van der Waals surface area contributed by atoms with Crippen molar-refractivity contribution in [3.63, 3.8) is 0 Å². The van der Waals surface area contributed by atoms with Crippen molar-refractivity contribution >= 4 is 56.6 Å². The lowest BCUT2D eigenvalue weighted by molar-refractivity contribution is -0.119. The predicted octanol–water partition coefficient (Wildman–Crippen LogP) is 4.29. The lowest BCUT2D eigenvalue weighted by Crippen LogP contribution is -2.42. The fraction of sp³-hybridized carbons (Fsp3) is 0.348. The maximum atomic E-state index is 12.9. The zero-order valence-electron chi connectivity index (χ0n) is 17.8. The Hall–Kier alpha value is -2.42. The fourth-order valence-corrected chi connectivity index (χ4v) is 4.85. The molecule has 3 amide bonds. The molecule has 2 aliphatic heterocycles. The molecule has 2 aromatic carbocycles. The van der Waals surface area contributed by atoms with Gasteiger partial charge in [0.15, 0.2) is 0 Å². The zero-order chi connectivity index (χ0) is 23.0. The summed E-state index contributed by atoms with van der Waals surface area (Å²) in [4.78, 5) is 33.7. The van der Waals surface area contributed by atoms with Gasteiger partial charge in [0.2, 0.25) is 0 Å². The monoisotopic (exact) mass is 518 g/mol. The van der Waals surface area contributed by atoms with Crippen LogP contribution in [0.25, 0.3) is 0 Å². The van der Waals surface area contributed by atoms with Crippen LogP contribution in [0, 0.1) is 0 Å². The van der Waals surface area contributed by atoms with E-state index >= 15 is 0 Å². The lowest BCUT2D eigenvalue weighted by Gasteiger charge is -2.30. The number of fused-ring (bicyclic) bond motifs is 1. The summed E-state index contributed by atoms with van der Waals surface area (Å²) in [6, 6.07) is 10.1. The molecule has 0 spiro atoms. The Kier molecular flexibility index (Phi) is 6.55. The van der Waals surface area contributed by atoms with Gasteiger partial charge < -0.3 is 20.2 Å². The fourth-order valence-electron chi connectivity index (χ4n) is 4.00. The van der Waals surface area contributed by atoms with Crippen LogP contribution in [0.3, 0.4) is 0 Å². The molecule has 0 bridgehead atoms. The normalized spacial score (nSPS) is 19.3. The minimum atomic E-state index is -0.594. The number of benzene rings is 2. The van der Waals surface area contributed by atoms with E-state index in [0.717, 1.165) is 0 Å². The van der Waals surface area contributed by atoms with Gasteiger partial charge in [0.05, 0.1) is 27.7 Å². The molecule has 0 saturated carbocycles. The minimum absolute atomic E-state index is 0.135. The second-order valence-electron chi connectivity index (χ2n) is 8.00. The number of nitrogens with one attached hydrogen (secondary N) is 1. The van der Waals surface area contributed by atoms with E-state index in [0.29, 0.717) is 63.6 Å². The van der Waals surface area contributed by atoms with E-state index in [1.54, 1.807) is 42.0 Å². The molecular formula is C23H24BrClN4O3. The SMILES string of the molecule is C[C@@H]1N=C(c2ccccc2Cl)c2c(ccc(NC(=O)N3CCC(O)CC3)c2Br)N(C)C1=O. The highest BCUT2D eigenvalue weighted by Gasteiger charge is 2.31. The van der Waals surface area contributed by atoms with E-state index in [-0.39, 0.29) is 18.0 Å². The van der Waals surface area contributed by atoms with Crippen molar-refractivity contribution in [3.05, 3.63) is 57.0 Å². The minimum Gasteiger partial charge on any atom is -0.393 e. The van der Waals surface area contributed by atoms with Crippen LogP contribution < -0.4 is 10.2 Å². The Bertz CT molecular complexity index is 1100. The number of amides is 3. The average Bonchev–Trinajstić information content (AvgIpc) is 2.87. The van der Waals surface area contributed by atoms with Crippen molar-refractivity contribution in [2.24, 2.45) is 4.99 Å². The third kappa shape index (κ3) is 4.27. The zero-order valence-corrected chi connectivity index (χ0v) is 20.2. The number of carbonyl (C=O) groups excluding carboxylic acids is 2. The highest BCUT2D eigenvalue weighted by Crippen LogP contribution is 2.39. The molecule has 2 aromatic rings. The Morgan fingerprint density at radius 1 is 1.22 bits per heavy atom. The number of likely N-dealkylation sites (N-methyl/N-ethyl adjacent to an activating group) is 1.